The molecular formula is C14H14Cl2N2O2. The van der Waals surface area contributed by atoms with Crippen molar-refractivity contribution in [1.82, 2.24) is 4.90 Å². The zero-order valence-corrected chi connectivity index (χ0v) is 12.3. The van der Waals surface area contributed by atoms with E-state index in [1.54, 1.807) is 23.1 Å². The summed E-state index contributed by atoms with van der Waals surface area (Å²) in [7, 11) is 0. The molecule has 0 N–H and O–H groups in total. The molecule has 0 unspecified atom stereocenters. The van der Waals surface area contributed by atoms with Gasteiger partial charge in [-0.1, -0.05) is 23.2 Å². The molecule has 1 aliphatic rings. The van der Waals surface area contributed by atoms with Crippen LogP contribution in [0.3, 0.4) is 0 Å². The van der Waals surface area contributed by atoms with Crippen molar-refractivity contribution in [3.8, 4) is 11.8 Å². The molecule has 4 nitrogen and oxygen atoms in total. The molecule has 1 aromatic carbocycles. The number of hydrogen-bond acceptors (Lipinski definition) is 3. The molecule has 1 saturated heterocycles. The van der Waals surface area contributed by atoms with Crippen molar-refractivity contribution in [3.05, 3.63) is 28.2 Å². The van der Waals surface area contributed by atoms with Crippen LogP contribution in [0, 0.1) is 17.2 Å². The Morgan fingerprint density at radius 1 is 1.40 bits per heavy atom. The summed E-state index contributed by atoms with van der Waals surface area (Å²) in [6.45, 7) is 1.15. The first-order valence-electron chi connectivity index (χ1n) is 6.35. The number of halogens is 2. The number of piperidine rings is 1. The van der Waals surface area contributed by atoms with E-state index in [1.807, 2.05) is 0 Å². The van der Waals surface area contributed by atoms with Crippen LogP contribution in [0.25, 0.3) is 0 Å². The lowest BCUT2D eigenvalue weighted by molar-refractivity contribution is -0.134. The highest BCUT2D eigenvalue weighted by molar-refractivity contribution is 6.35. The second-order valence-corrected chi connectivity index (χ2v) is 5.49. The van der Waals surface area contributed by atoms with Gasteiger partial charge in [0.2, 0.25) is 0 Å². The van der Waals surface area contributed by atoms with Crippen molar-refractivity contribution in [1.29, 1.82) is 5.26 Å². The second-order valence-electron chi connectivity index (χ2n) is 4.65. The first-order valence-corrected chi connectivity index (χ1v) is 7.11. The van der Waals surface area contributed by atoms with Crippen molar-refractivity contribution in [2.75, 3.05) is 19.7 Å². The minimum absolute atomic E-state index is 0.0570. The third-order valence-electron chi connectivity index (χ3n) is 3.28. The van der Waals surface area contributed by atoms with Gasteiger partial charge in [0.05, 0.1) is 11.1 Å². The molecule has 1 fully saturated rings. The summed E-state index contributed by atoms with van der Waals surface area (Å²) in [5.74, 6) is 0.411. The molecule has 0 spiro atoms. The quantitative estimate of drug-likeness (QED) is 0.861. The van der Waals surface area contributed by atoms with Gasteiger partial charge in [0, 0.05) is 24.0 Å². The van der Waals surface area contributed by atoms with E-state index in [4.69, 9.17) is 33.2 Å². The fraction of sp³-hybridized carbons (Fsp3) is 0.429. The average Bonchev–Trinajstić information content (AvgIpc) is 2.46. The fourth-order valence-electron chi connectivity index (χ4n) is 2.08. The maximum Gasteiger partial charge on any atom is 0.260 e. The van der Waals surface area contributed by atoms with Gasteiger partial charge in [-0.2, -0.15) is 5.26 Å². The number of hydrogen-bond donors (Lipinski definition) is 0. The number of carbonyl (C=O) groups is 1. The summed E-state index contributed by atoms with van der Waals surface area (Å²) in [6.07, 6.45) is 1.45. The molecule has 0 aliphatic carbocycles. The van der Waals surface area contributed by atoms with E-state index < -0.39 is 0 Å². The van der Waals surface area contributed by atoms with Crippen LogP contribution in [0.15, 0.2) is 18.2 Å². The van der Waals surface area contributed by atoms with Crippen molar-refractivity contribution < 1.29 is 9.53 Å². The average molecular weight is 313 g/mol. The Hall–Kier alpha value is -1.44. The summed E-state index contributed by atoms with van der Waals surface area (Å²) in [5.41, 5.74) is 0. The Kier molecular flexibility index (Phi) is 5.11. The summed E-state index contributed by atoms with van der Waals surface area (Å²) >= 11 is 11.8. The van der Waals surface area contributed by atoms with Crippen LogP contribution in [0.4, 0.5) is 0 Å². The zero-order valence-electron chi connectivity index (χ0n) is 10.8. The van der Waals surface area contributed by atoms with Crippen LogP contribution in [0.2, 0.25) is 10.0 Å². The topological polar surface area (TPSA) is 53.3 Å². The van der Waals surface area contributed by atoms with Crippen molar-refractivity contribution in [2.24, 2.45) is 5.92 Å². The van der Waals surface area contributed by atoms with E-state index in [0.29, 0.717) is 28.9 Å². The molecule has 20 heavy (non-hydrogen) atoms. The predicted molar refractivity (Wildman–Crippen MR) is 76.9 cm³/mol. The molecule has 2 rings (SSSR count). The number of ether oxygens (including phenoxy) is 1. The van der Waals surface area contributed by atoms with Crippen LogP contribution >= 0.6 is 23.2 Å². The first-order chi connectivity index (χ1) is 9.60. The summed E-state index contributed by atoms with van der Waals surface area (Å²) < 4.78 is 5.41. The number of nitriles is 1. The van der Waals surface area contributed by atoms with E-state index in [0.717, 1.165) is 12.8 Å². The largest absolute Gasteiger partial charge is 0.482 e. The predicted octanol–water partition coefficient (Wildman–Crippen LogP) is 3.13. The Bertz CT molecular complexity index is 534. The van der Waals surface area contributed by atoms with Crippen molar-refractivity contribution in [3.63, 3.8) is 0 Å². The number of rotatable bonds is 3. The van der Waals surface area contributed by atoms with Crippen LogP contribution < -0.4 is 4.74 Å². The van der Waals surface area contributed by atoms with E-state index in [9.17, 15) is 4.79 Å². The van der Waals surface area contributed by atoms with Gasteiger partial charge in [0.1, 0.15) is 5.75 Å². The third-order valence-corrected chi connectivity index (χ3v) is 3.81. The Morgan fingerprint density at radius 2 is 2.10 bits per heavy atom. The number of carbonyl (C=O) groups excluding carboxylic acids is 1. The second kappa shape index (κ2) is 6.83. The molecule has 1 aliphatic heterocycles. The lowest BCUT2D eigenvalue weighted by Gasteiger charge is -2.29. The monoisotopic (exact) mass is 312 g/mol. The van der Waals surface area contributed by atoms with E-state index in [2.05, 4.69) is 6.07 Å². The highest BCUT2D eigenvalue weighted by Gasteiger charge is 2.22. The number of benzene rings is 1. The fourth-order valence-corrected chi connectivity index (χ4v) is 2.54. The minimum Gasteiger partial charge on any atom is -0.482 e. The highest BCUT2D eigenvalue weighted by atomic mass is 35.5. The minimum atomic E-state index is -0.0904. The van der Waals surface area contributed by atoms with Crippen molar-refractivity contribution >= 4 is 29.1 Å². The number of nitrogens with zero attached hydrogens (tertiary/aromatic N) is 2. The van der Waals surface area contributed by atoms with E-state index in [-0.39, 0.29) is 18.4 Å². The van der Waals surface area contributed by atoms with Gasteiger partial charge in [0.25, 0.3) is 5.91 Å². The molecule has 6 heteroatoms. The highest BCUT2D eigenvalue weighted by Crippen LogP contribution is 2.27. The van der Waals surface area contributed by atoms with Gasteiger partial charge in [-0.05, 0) is 31.0 Å². The molecular weight excluding hydrogens is 299 g/mol. The molecule has 1 heterocycles. The van der Waals surface area contributed by atoms with Crippen LogP contribution in [-0.2, 0) is 4.79 Å². The van der Waals surface area contributed by atoms with Gasteiger partial charge in [-0.3, -0.25) is 4.79 Å². The Balaban J connectivity index is 1.85. The third kappa shape index (κ3) is 3.78. The van der Waals surface area contributed by atoms with Crippen LogP contribution in [0.5, 0.6) is 5.75 Å². The number of likely N-dealkylation sites (tertiary alicyclic amines) is 1. The summed E-state index contributed by atoms with van der Waals surface area (Å²) in [6, 6.07) is 7.10. The Labute approximate surface area is 127 Å². The van der Waals surface area contributed by atoms with Crippen molar-refractivity contribution in [2.45, 2.75) is 12.8 Å². The standard InChI is InChI=1S/C14H14Cl2N2O2/c15-11-1-2-13(12(16)7-11)20-9-14(19)18-5-3-10(8-17)4-6-18/h1-2,7,10H,3-6,9H2. The molecule has 1 aromatic rings. The number of amides is 1. The summed E-state index contributed by atoms with van der Waals surface area (Å²) in [5, 5.41) is 9.72. The van der Waals surface area contributed by atoms with Gasteiger partial charge in [-0.25, -0.2) is 0 Å². The molecule has 0 bridgehead atoms. The maximum absolute atomic E-state index is 12.0. The van der Waals surface area contributed by atoms with Crippen LogP contribution in [0.1, 0.15) is 12.8 Å². The van der Waals surface area contributed by atoms with E-state index >= 15 is 0 Å². The lowest BCUT2D eigenvalue weighted by atomic mass is 9.99. The first kappa shape index (κ1) is 15.0. The lowest BCUT2D eigenvalue weighted by Crippen LogP contribution is -2.40. The smallest absolute Gasteiger partial charge is 0.260 e. The normalized spacial score (nSPS) is 15.8. The van der Waals surface area contributed by atoms with Gasteiger partial charge in [-0.15, -0.1) is 0 Å². The molecule has 1 amide bonds. The van der Waals surface area contributed by atoms with Gasteiger partial charge < -0.3 is 9.64 Å². The molecule has 0 atom stereocenters. The molecule has 0 aromatic heterocycles. The SMILES string of the molecule is N#CC1CCN(C(=O)COc2ccc(Cl)cc2Cl)CC1. The Morgan fingerprint density at radius 3 is 2.70 bits per heavy atom. The van der Waals surface area contributed by atoms with Crippen LogP contribution in [-0.4, -0.2) is 30.5 Å². The molecule has 106 valence electrons. The zero-order chi connectivity index (χ0) is 14.5. The van der Waals surface area contributed by atoms with Gasteiger partial charge >= 0.3 is 0 Å². The maximum atomic E-state index is 12.0. The van der Waals surface area contributed by atoms with E-state index in [1.165, 1.54) is 0 Å². The van der Waals surface area contributed by atoms with Gasteiger partial charge in [0.15, 0.2) is 6.61 Å². The summed E-state index contributed by atoms with van der Waals surface area (Å²) in [4.78, 5) is 13.7. The molecule has 0 radical (unpaired) electrons. The molecule has 0 saturated carbocycles.